The maximum absolute atomic E-state index is 13.0. The number of carbonyl (C=O) groups excluding carboxylic acids is 1. The lowest BCUT2D eigenvalue weighted by Gasteiger charge is -2.09. The molecule has 0 unspecified atom stereocenters. The molecule has 0 aromatic heterocycles. The van der Waals surface area contributed by atoms with Crippen LogP contribution in [-0.4, -0.2) is 21.4 Å². The fourth-order valence-corrected chi connectivity index (χ4v) is 3.66. The van der Waals surface area contributed by atoms with Crippen molar-refractivity contribution in [2.24, 2.45) is 0 Å². The van der Waals surface area contributed by atoms with Gasteiger partial charge < -0.3 is 10.1 Å². The Morgan fingerprint density at radius 3 is 2.23 bits per heavy atom. The molecule has 0 saturated heterocycles. The molecule has 0 aliphatic carbocycles. The molecule has 0 aliphatic heterocycles. The molecule has 3 rings (SSSR count). The van der Waals surface area contributed by atoms with E-state index in [-0.39, 0.29) is 16.5 Å². The van der Waals surface area contributed by atoms with Crippen LogP contribution in [0, 0.1) is 5.82 Å². The van der Waals surface area contributed by atoms with Crippen LogP contribution >= 0.6 is 0 Å². The minimum Gasteiger partial charge on any atom is -0.496 e. The van der Waals surface area contributed by atoms with Crippen LogP contribution in [0.15, 0.2) is 83.8 Å². The molecular weight excluding hydrogens is 407 g/mol. The zero-order valence-electron chi connectivity index (χ0n) is 16.0. The summed E-state index contributed by atoms with van der Waals surface area (Å²) in [6.07, 6.45) is 2.98. The number of halogens is 1. The predicted octanol–water partition coefficient (Wildman–Crippen LogP) is 4.29. The molecule has 0 saturated carbocycles. The number of amides is 1. The Morgan fingerprint density at radius 2 is 1.57 bits per heavy atom. The Morgan fingerprint density at radius 1 is 0.933 bits per heavy atom. The summed E-state index contributed by atoms with van der Waals surface area (Å²) in [6.45, 7) is 0. The first-order chi connectivity index (χ1) is 14.4. The summed E-state index contributed by atoms with van der Waals surface area (Å²) in [7, 11) is -2.29. The summed E-state index contributed by atoms with van der Waals surface area (Å²) in [4.78, 5) is 12.1. The number of sulfonamides is 1. The second-order valence-corrected chi connectivity index (χ2v) is 7.88. The fourth-order valence-electron chi connectivity index (χ4n) is 2.60. The first kappa shape index (κ1) is 21.1. The maximum Gasteiger partial charge on any atom is 0.261 e. The Labute approximate surface area is 174 Å². The third-order valence-electron chi connectivity index (χ3n) is 4.08. The summed E-state index contributed by atoms with van der Waals surface area (Å²) in [5.74, 6) is -0.191. The van der Waals surface area contributed by atoms with Crippen LogP contribution in [-0.2, 0) is 14.8 Å². The average molecular weight is 426 g/mol. The number of rotatable bonds is 7. The van der Waals surface area contributed by atoms with Crippen molar-refractivity contribution in [1.82, 2.24) is 0 Å². The van der Waals surface area contributed by atoms with E-state index in [2.05, 4.69) is 10.0 Å². The molecule has 0 bridgehead atoms. The molecule has 0 heterocycles. The normalized spacial score (nSPS) is 11.3. The topological polar surface area (TPSA) is 84.5 Å². The third-order valence-corrected chi connectivity index (χ3v) is 5.48. The van der Waals surface area contributed by atoms with Gasteiger partial charge in [-0.15, -0.1) is 0 Å². The van der Waals surface area contributed by atoms with E-state index in [1.54, 1.807) is 19.3 Å². The van der Waals surface area contributed by atoms with E-state index in [1.807, 2.05) is 18.2 Å². The van der Waals surface area contributed by atoms with Gasteiger partial charge in [0.25, 0.3) is 10.0 Å². The van der Waals surface area contributed by atoms with Crippen LogP contribution in [0.2, 0.25) is 0 Å². The lowest BCUT2D eigenvalue weighted by Crippen LogP contribution is -2.13. The van der Waals surface area contributed by atoms with Gasteiger partial charge in [-0.1, -0.05) is 18.2 Å². The van der Waals surface area contributed by atoms with Gasteiger partial charge in [0, 0.05) is 23.0 Å². The number of ether oxygens (including phenoxy) is 1. The van der Waals surface area contributed by atoms with Crippen molar-refractivity contribution >= 4 is 33.4 Å². The number of hydrogen-bond donors (Lipinski definition) is 2. The second-order valence-electron chi connectivity index (χ2n) is 6.20. The first-order valence-corrected chi connectivity index (χ1v) is 10.4. The van der Waals surface area contributed by atoms with Crippen molar-refractivity contribution in [3.05, 3.63) is 90.3 Å². The molecule has 2 N–H and O–H groups in total. The first-order valence-electron chi connectivity index (χ1n) is 8.88. The van der Waals surface area contributed by atoms with Crippen LogP contribution in [0.1, 0.15) is 5.56 Å². The average Bonchev–Trinajstić information content (AvgIpc) is 2.74. The Hall–Kier alpha value is -3.65. The quantitative estimate of drug-likeness (QED) is 0.552. The van der Waals surface area contributed by atoms with Crippen molar-refractivity contribution < 1.29 is 22.3 Å². The molecular formula is C22H19FN2O4S. The summed E-state index contributed by atoms with van der Waals surface area (Å²) < 4.78 is 45.4. The van der Waals surface area contributed by atoms with Gasteiger partial charge in [0.2, 0.25) is 5.91 Å². The highest BCUT2D eigenvalue weighted by Crippen LogP contribution is 2.20. The van der Waals surface area contributed by atoms with Crippen LogP contribution in [0.25, 0.3) is 6.08 Å². The molecule has 30 heavy (non-hydrogen) atoms. The molecule has 6 nitrogen and oxygen atoms in total. The molecule has 3 aromatic carbocycles. The van der Waals surface area contributed by atoms with E-state index in [9.17, 15) is 17.6 Å². The van der Waals surface area contributed by atoms with E-state index in [1.165, 1.54) is 42.5 Å². The minimum absolute atomic E-state index is 0.00869. The van der Waals surface area contributed by atoms with Gasteiger partial charge in [-0.3, -0.25) is 9.52 Å². The van der Waals surface area contributed by atoms with Crippen LogP contribution in [0.3, 0.4) is 0 Å². The molecule has 154 valence electrons. The minimum atomic E-state index is -3.84. The third kappa shape index (κ3) is 5.45. The number of anilines is 2. The van der Waals surface area contributed by atoms with Gasteiger partial charge in [0.05, 0.1) is 12.0 Å². The summed E-state index contributed by atoms with van der Waals surface area (Å²) in [5.41, 5.74) is 1.43. The van der Waals surface area contributed by atoms with Crippen LogP contribution in [0.5, 0.6) is 5.75 Å². The van der Waals surface area contributed by atoms with Crippen molar-refractivity contribution in [3.63, 3.8) is 0 Å². The van der Waals surface area contributed by atoms with Gasteiger partial charge in [-0.2, -0.15) is 0 Å². The number of para-hydroxylation sites is 1. The number of benzene rings is 3. The molecule has 0 fully saturated rings. The predicted molar refractivity (Wildman–Crippen MR) is 114 cm³/mol. The van der Waals surface area contributed by atoms with E-state index in [4.69, 9.17) is 4.74 Å². The SMILES string of the molecule is COc1ccccc1/C=C/C(=O)Nc1ccc(S(=O)(=O)Nc2ccc(F)cc2)cc1. The fraction of sp³-hybridized carbons (Fsp3) is 0.0455. The molecule has 3 aromatic rings. The lowest BCUT2D eigenvalue weighted by atomic mass is 10.2. The molecule has 0 radical (unpaired) electrons. The Balaban J connectivity index is 1.65. The molecule has 8 heteroatoms. The lowest BCUT2D eigenvalue weighted by molar-refractivity contribution is -0.111. The van der Waals surface area contributed by atoms with E-state index < -0.39 is 15.8 Å². The van der Waals surface area contributed by atoms with E-state index >= 15 is 0 Å². The van der Waals surface area contributed by atoms with Gasteiger partial charge in [-0.05, 0) is 60.7 Å². The number of hydrogen-bond acceptors (Lipinski definition) is 4. The largest absolute Gasteiger partial charge is 0.496 e. The number of carbonyl (C=O) groups is 1. The van der Waals surface area contributed by atoms with E-state index in [0.717, 1.165) is 17.7 Å². The Kier molecular flexibility index (Phi) is 6.48. The smallest absolute Gasteiger partial charge is 0.261 e. The summed E-state index contributed by atoms with van der Waals surface area (Å²) in [5, 5.41) is 2.66. The zero-order chi connectivity index (χ0) is 21.6. The number of methoxy groups -OCH3 is 1. The zero-order valence-corrected chi connectivity index (χ0v) is 16.8. The van der Waals surface area contributed by atoms with Crippen LogP contribution < -0.4 is 14.8 Å². The molecule has 0 spiro atoms. The summed E-state index contributed by atoms with van der Waals surface area (Å²) in [6, 6.07) is 17.9. The van der Waals surface area contributed by atoms with E-state index in [0.29, 0.717) is 11.4 Å². The monoisotopic (exact) mass is 426 g/mol. The molecule has 1 amide bonds. The van der Waals surface area contributed by atoms with Crippen molar-refractivity contribution in [2.75, 3.05) is 17.1 Å². The van der Waals surface area contributed by atoms with Gasteiger partial charge in [0.15, 0.2) is 0 Å². The van der Waals surface area contributed by atoms with Gasteiger partial charge in [-0.25, -0.2) is 12.8 Å². The van der Waals surface area contributed by atoms with Crippen molar-refractivity contribution in [2.45, 2.75) is 4.90 Å². The highest BCUT2D eigenvalue weighted by molar-refractivity contribution is 7.92. The highest BCUT2D eigenvalue weighted by Gasteiger charge is 2.14. The van der Waals surface area contributed by atoms with Crippen LogP contribution in [0.4, 0.5) is 15.8 Å². The standard InChI is InChI=1S/C22H19FN2O4S/c1-29-21-5-3-2-4-16(21)6-15-22(26)24-18-11-13-20(14-12-18)30(27,28)25-19-9-7-17(23)8-10-19/h2-15,25H,1H3,(H,24,26)/b15-6+. The van der Waals surface area contributed by atoms with Crippen molar-refractivity contribution in [1.29, 1.82) is 0 Å². The molecule has 0 atom stereocenters. The van der Waals surface area contributed by atoms with Gasteiger partial charge >= 0.3 is 0 Å². The highest BCUT2D eigenvalue weighted by atomic mass is 32.2. The number of nitrogens with one attached hydrogen (secondary N) is 2. The Bertz CT molecular complexity index is 1160. The van der Waals surface area contributed by atoms with Gasteiger partial charge in [0.1, 0.15) is 11.6 Å². The summed E-state index contributed by atoms with van der Waals surface area (Å²) >= 11 is 0. The second kappa shape index (κ2) is 9.23. The van der Waals surface area contributed by atoms with Crippen molar-refractivity contribution in [3.8, 4) is 5.75 Å². The maximum atomic E-state index is 13.0. The molecule has 0 aliphatic rings.